The highest BCUT2D eigenvalue weighted by atomic mass is 32.2. The summed E-state index contributed by atoms with van der Waals surface area (Å²) < 4.78 is 7.32. The molecular weight excluding hydrogens is 412 g/mol. The highest BCUT2D eigenvalue weighted by Gasteiger charge is 2.44. The lowest BCUT2D eigenvalue weighted by atomic mass is 10.1. The SMILES string of the molecule is CS[C@@H](c1ccccc1)[C@@H](C)O[Si](c1ccccc1)(c1ccccc1)c1ccccc1. The summed E-state index contributed by atoms with van der Waals surface area (Å²) in [5, 5.41) is 4.07. The normalized spacial score (nSPS) is 13.5. The average Bonchev–Trinajstić information content (AvgIpc) is 2.85. The lowest BCUT2D eigenvalue weighted by Crippen LogP contribution is -2.70. The second-order valence-corrected chi connectivity index (χ2v) is 12.0. The predicted molar refractivity (Wildman–Crippen MR) is 137 cm³/mol. The van der Waals surface area contributed by atoms with Gasteiger partial charge in [-0.3, -0.25) is 0 Å². The van der Waals surface area contributed by atoms with Crippen molar-refractivity contribution >= 4 is 35.6 Å². The van der Waals surface area contributed by atoms with Gasteiger partial charge in [0.2, 0.25) is 0 Å². The van der Waals surface area contributed by atoms with E-state index in [4.69, 9.17) is 4.43 Å². The van der Waals surface area contributed by atoms with E-state index >= 15 is 0 Å². The molecule has 0 spiro atoms. The van der Waals surface area contributed by atoms with E-state index in [9.17, 15) is 0 Å². The molecule has 0 amide bonds. The molecule has 0 fully saturated rings. The van der Waals surface area contributed by atoms with Gasteiger partial charge in [-0.05, 0) is 34.3 Å². The van der Waals surface area contributed by atoms with Crippen LogP contribution in [0.4, 0.5) is 0 Å². The molecule has 0 aromatic heterocycles. The van der Waals surface area contributed by atoms with Crippen LogP contribution in [-0.4, -0.2) is 20.7 Å². The molecule has 2 atom stereocenters. The number of hydrogen-bond acceptors (Lipinski definition) is 2. The topological polar surface area (TPSA) is 9.23 Å². The molecule has 0 saturated carbocycles. The minimum atomic E-state index is -2.71. The zero-order valence-electron chi connectivity index (χ0n) is 18.0. The van der Waals surface area contributed by atoms with Crippen molar-refractivity contribution in [3.63, 3.8) is 0 Å². The van der Waals surface area contributed by atoms with Crippen LogP contribution in [0.3, 0.4) is 0 Å². The summed E-state index contributed by atoms with van der Waals surface area (Å²) in [5.74, 6) is 0. The lowest BCUT2D eigenvalue weighted by molar-refractivity contribution is 0.220. The zero-order valence-corrected chi connectivity index (χ0v) is 19.8. The number of rotatable bonds is 8. The molecule has 0 bridgehead atoms. The van der Waals surface area contributed by atoms with Crippen molar-refractivity contribution in [2.24, 2.45) is 0 Å². The standard InChI is InChI=1S/C28H28OSSi/c1-23(28(30-2)24-15-7-3-8-16-24)29-31(25-17-9-4-10-18-25,26-19-11-5-12-20-26)27-21-13-6-14-22-27/h3-23,28H,1-2H3/t23-,28-/m1/s1. The molecule has 156 valence electrons. The van der Waals surface area contributed by atoms with Crippen LogP contribution in [0.2, 0.25) is 0 Å². The third-order valence-corrected chi connectivity index (χ3v) is 11.0. The Kier molecular flexibility index (Phi) is 7.08. The van der Waals surface area contributed by atoms with Crippen molar-refractivity contribution in [1.29, 1.82) is 0 Å². The third kappa shape index (κ3) is 4.54. The van der Waals surface area contributed by atoms with Gasteiger partial charge in [0.15, 0.2) is 0 Å². The van der Waals surface area contributed by atoms with E-state index in [2.05, 4.69) is 135 Å². The Hall–Kier alpha value is -2.59. The van der Waals surface area contributed by atoms with Crippen LogP contribution < -0.4 is 15.6 Å². The average molecular weight is 441 g/mol. The summed E-state index contributed by atoms with van der Waals surface area (Å²) in [6.45, 7) is 2.23. The van der Waals surface area contributed by atoms with E-state index < -0.39 is 8.32 Å². The number of benzene rings is 4. The smallest absolute Gasteiger partial charge is 0.288 e. The van der Waals surface area contributed by atoms with Crippen molar-refractivity contribution in [3.8, 4) is 0 Å². The maximum absolute atomic E-state index is 7.32. The van der Waals surface area contributed by atoms with Crippen LogP contribution in [0, 0.1) is 0 Å². The van der Waals surface area contributed by atoms with E-state index in [-0.39, 0.29) is 11.4 Å². The van der Waals surface area contributed by atoms with Gasteiger partial charge in [0, 0.05) is 0 Å². The van der Waals surface area contributed by atoms with Crippen LogP contribution in [0.15, 0.2) is 121 Å². The highest BCUT2D eigenvalue weighted by Crippen LogP contribution is 2.33. The van der Waals surface area contributed by atoms with Gasteiger partial charge >= 0.3 is 0 Å². The minimum absolute atomic E-state index is 0.0321. The maximum Gasteiger partial charge on any atom is 0.288 e. The second kappa shape index (κ2) is 10.1. The van der Waals surface area contributed by atoms with Crippen LogP contribution in [0.5, 0.6) is 0 Å². The summed E-state index contributed by atoms with van der Waals surface area (Å²) in [5.41, 5.74) is 1.31. The number of hydrogen-bond donors (Lipinski definition) is 0. The van der Waals surface area contributed by atoms with Crippen LogP contribution >= 0.6 is 11.8 Å². The molecule has 0 aliphatic rings. The van der Waals surface area contributed by atoms with Gasteiger partial charge in [0.25, 0.3) is 8.32 Å². The first kappa shape index (κ1) is 21.6. The molecule has 31 heavy (non-hydrogen) atoms. The predicted octanol–water partition coefficient (Wildman–Crippen LogP) is 5.16. The van der Waals surface area contributed by atoms with Crippen LogP contribution in [0.1, 0.15) is 17.7 Å². The minimum Gasteiger partial charge on any atom is -0.400 e. The Balaban J connectivity index is 1.88. The fraction of sp³-hybridized carbons (Fsp3) is 0.143. The summed E-state index contributed by atoms with van der Waals surface area (Å²) in [4.78, 5) is 0. The Bertz CT molecular complexity index is 959. The van der Waals surface area contributed by atoms with Crippen molar-refractivity contribution in [3.05, 3.63) is 127 Å². The Labute approximate surface area is 191 Å². The van der Waals surface area contributed by atoms with Gasteiger partial charge in [-0.25, -0.2) is 0 Å². The molecule has 0 radical (unpaired) electrons. The van der Waals surface area contributed by atoms with Gasteiger partial charge < -0.3 is 4.43 Å². The van der Waals surface area contributed by atoms with E-state index in [1.807, 2.05) is 11.8 Å². The number of thioether (sulfide) groups is 1. The van der Waals surface area contributed by atoms with E-state index in [1.165, 1.54) is 21.1 Å². The van der Waals surface area contributed by atoms with Crippen LogP contribution in [-0.2, 0) is 4.43 Å². The van der Waals surface area contributed by atoms with E-state index in [0.717, 1.165) is 0 Å². The van der Waals surface area contributed by atoms with Crippen molar-refractivity contribution < 1.29 is 4.43 Å². The molecule has 3 heteroatoms. The summed E-state index contributed by atoms with van der Waals surface area (Å²) in [6, 6.07) is 43.1. The molecule has 0 aliphatic carbocycles. The van der Waals surface area contributed by atoms with Crippen molar-refractivity contribution in [1.82, 2.24) is 0 Å². The first-order chi connectivity index (χ1) is 15.3. The third-order valence-electron chi connectivity index (χ3n) is 5.71. The Morgan fingerprint density at radius 1 is 0.581 bits per heavy atom. The van der Waals surface area contributed by atoms with Crippen LogP contribution in [0.25, 0.3) is 0 Å². The Morgan fingerprint density at radius 2 is 0.935 bits per heavy atom. The second-order valence-electron chi connectivity index (χ2n) is 7.67. The summed E-state index contributed by atoms with van der Waals surface area (Å²) in [6.07, 6.45) is 2.21. The quantitative estimate of drug-likeness (QED) is 0.276. The molecule has 4 aromatic rings. The summed E-state index contributed by atoms with van der Waals surface area (Å²) >= 11 is 1.85. The van der Waals surface area contributed by atoms with Gasteiger partial charge in [-0.15, -0.1) is 0 Å². The fourth-order valence-corrected chi connectivity index (χ4v) is 9.36. The molecular formula is C28H28OSSi. The maximum atomic E-state index is 7.32. The van der Waals surface area contributed by atoms with E-state index in [0.29, 0.717) is 0 Å². The van der Waals surface area contributed by atoms with Gasteiger partial charge in [0.1, 0.15) is 0 Å². The van der Waals surface area contributed by atoms with Crippen molar-refractivity contribution in [2.75, 3.05) is 6.26 Å². The molecule has 1 nitrogen and oxygen atoms in total. The van der Waals surface area contributed by atoms with Crippen molar-refractivity contribution in [2.45, 2.75) is 18.3 Å². The molecule has 0 N–H and O–H groups in total. The molecule has 4 rings (SSSR count). The highest BCUT2D eigenvalue weighted by molar-refractivity contribution is 7.98. The molecule has 0 unspecified atom stereocenters. The molecule has 0 saturated heterocycles. The van der Waals surface area contributed by atoms with Gasteiger partial charge in [0.05, 0.1) is 11.4 Å². The molecule has 4 aromatic carbocycles. The molecule has 0 aliphatic heterocycles. The summed E-state index contributed by atoms with van der Waals surface area (Å²) in [7, 11) is -2.71. The largest absolute Gasteiger partial charge is 0.400 e. The molecule has 0 heterocycles. The van der Waals surface area contributed by atoms with E-state index in [1.54, 1.807) is 0 Å². The first-order valence-electron chi connectivity index (χ1n) is 10.7. The Morgan fingerprint density at radius 3 is 1.29 bits per heavy atom. The fourth-order valence-electron chi connectivity index (χ4n) is 4.30. The lowest BCUT2D eigenvalue weighted by Gasteiger charge is -2.38. The zero-order chi connectivity index (χ0) is 21.5. The monoisotopic (exact) mass is 440 g/mol. The van der Waals surface area contributed by atoms with Gasteiger partial charge in [-0.1, -0.05) is 121 Å². The first-order valence-corrected chi connectivity index (χ1v) is 13.9. The van der Waals surface area contributed by atoms with Gasteiger partial charge in [-0.2, -0.15) is 11.8 Å².